The molecule has 5 atom stereocenters. The van der Waals surface area contributed by atoms with Gasteiger partial charge in [0, 0.05) is 29.2 Å². The van der Waals surface area contributed by atoms with Crippen LogP contribution in [0, 0.1) is 11.3 Å². The minimum Gasteiger partial charge on any atom is -0.353 e. The predicted octanol–water partition coefficient (Wildman–Crippen LogP) is 6.80. The van der Waals surface area contributed by atoms with Crippen molar-refractivity contribution >= 4 is 31.8 Å². The Kier molecular flexibility index (Phi) is 5.40. The van der Waals surface area contributed by atoms with Crippen LogP contribution < -0.4 is 0 Å². The van der Waals surface area contributed by atoms with Gasteiger partial charge in [0.1, 0.15) is 0 Å². The van der Waals surface area contributed by atoms with E-state index in [-0.39, 0.29) is 23.2 Å². The Labute approximate surface area is 224 Å². The number of ether oxygens (including phenoxy) is 2. The Bertz CT molecular complexity index is 1660. The number of benzene rings is 3. The summed E-state index contributed by atoms with van der Waals surface area (Å²) in [6, 6.07) is 21.1. The Hall–Kier alpha value is -2.67. The van der Waals surface area contributed by atoms with Gasteiger partial charge in [-0.25, -0.2) is 12.4 Å². The first kappa shape index (κ1) is 24.4. The predicted molar refractivity (Wildman–Crippen MR) is 150 cm³/mol. The molecular weight excluding hydrogens is 494 g/mol. The van der Waals surface area contributed by atoms with Gasteiger partial charge in [0.2, 0.25) is 0 Å². The van der Waals surface area contributed by atoms with Crippen molar-refractivity contribution in [1.82, 2.24) is 3.97 Å². The molecule has 1 saturated carbocycles. The van der Waals surface area contributed by atoms with Gasteiger partial charge in [-0.3, -0.25) is 0 Å². The first-order valence-electron chi connectivity index (χ1n) is 14.0. The molecule has 3 aliphatic rings. The molecule has 2 heterocycles. The van der Waals surface area contributed by atoms with Crippen molar-refractivity contribution in [2.75, 3.05) is 6.61 Å². The monoisotopic (exact) mass is 529 g/mol. The second kappa shape index (κ2) is 8.41. The summed E-state index contributed by atoms with van der Waals surface area (Å²) in [6.45, 7) is 7.55. The van der Waals surface area contributed by atoms with Crippen molar-refractivity contribution in [3.63, 3.8) is 0 Å². The molecule has 2 aliphatic carbocycles. The maximum Gasteiger partial charge on any atom is 0.268 e. The van der Waals surface area contributed by atoms with Gasteiger partial charge in [-0.2, -0.15) is 0 Å². The standard InChI is InChI=1S/C32H35NO4S/c1-4-36-30-20-32-26-19-25-24-12-8-9-13-27(24)33(38(34,35)23-10-6-5-7-11-23)28(25)18-22(26)16-17-31(32,3)21(2)14-15-29(32)37-30/h5-13,18-19,21,29-30H,4,14-17,20H2,1-3H3/t21-,29+,30-,31+,32-/m1/s1. The van der Waals surface area contributed by atoms with Crippen molar-refractivity contribution < 1.29 is 17.9 Å². The van der Waals surface area contributed by atoms with E-state index in [4.69, 9.17) is 9.47 Å². The third kappa shape index (κ3) is 3.08. The molecular formula is C32H35NO4S. The average Bonchev–Trinajstić information content (AvgIpc) is 3.46. The summed E-state index contributed by atoms with van der Waals surface area (Å²) in [6.07, 6.45) is 4.96. The lowest BCUT2D eigenvalue weighted by Crippen LogP contribution is -2.58. The number of rotatable bonds is 4. The van der Waals surface area contributed by atoms with Gasteiger partial charge >= 0.3 is 0 Å². The topological polar surface area (TPSA) is 57.5 Å². The van der Waals surface area contributed by atoms with Gasteiger partial charge in [0.15, 0.2) is 6.29 Å². The summed E-state index contributed by atoms with van der Waals surface area (Å²) in [5, 5.41) is 1.96. The molecule has 0 bridgehead atoms. The fraction of sp³-hybridized carbons (Fsp3) is 0.438. The summed E-state index contributed by atoms with van der Waals surface area (Å²) in [5.74, 6) is 0.575. The molecule has 198 valence electrons. The quantitative estimate of drug-likeness (QED) is 0.292. The maximum atomic E-state index is 14.0. The highest BCUT2D eigenvalue weighted by Crippen LogP contribution is 2.66. The minimum atomic E-state index is -3.78. The Morgan fingerprint density at radius 2 is 1.76 bits per heavy atom. The van der Waals surface area contributed by atoms with E-state index in [1.165, 1.54) is 11.1 Å². The average molecular weight is 530 g/mol. The number of hydrogen-bond donors (Lipinski definition) is 0. The zero-order valence-electron chi connectivity index (χ0n) is 22.3. The SMILES string of the molecule is CCO[C@H]1C[C@]23c4cc5c6ccccc6n(S(=O)(=O)c6ccccc6)c5cc4CC[C@@]2(C)[C@H](C)CC[C@@H]3O1. The molecule has 1 aromatic heterocycles. The van der Waals surface area contributed by atoms with Gasteiger partial charge in [0.05, 0.1) is 22.0 Å². The summed E-state index contributed by atoms with van der Waals surface area (Å²) < 4.78 is 42.3. The summed E-state index contributed by atoms with van der Waals surface area (Å²) >= 11 is 0. The Balaban J connectivity index is 1.52. The molecule has 4 aromatic rings. The molecule has 1 spiro atoms. The molecule has 6 heteroatoms. The Morgan fingerprint density at radius 3 is 2.55 bits per heavy atom. The first-order valence-corrected chi connectivity index (χ1v) is 15.4. The van der Waals surface area contributed by atoms with Crippen LogP contribution in [0.25, 0.3) is 21.8 Å². The number of para-hydroxylation sites is 1. The van der Waals surface area contributed by atoms with Crippen molar-refractivity contribution in [3.8, 4) is 0 Å². The zero-order chi connectivity index (χ0) is 26.3. The highest BCUT2D eigenvalue weighted by molar-refractivity contribution is 7.90. The number of hydrogen-bond acceptors (Lipinski definition) is 4. The van der Waals surface area contributed by atoms with Gasteiger partial charge in [-0.1, -0.05) is 50.2 Å². The molecule has 0 N–H and O–H groups in total. The van der Waals surface area contributed by atoms with Crippen LogP contribution in [-0.2, 0) is 31.3 Å². The smallest absolute Gasteiger partial charge is 0.268 e. The highest BCUT2D eigenvalue weighted by atomic mass is 32.2. The zero-order valence-corrected chi connectivity index (χ0v) is 23.1. The van der Waals surface area contributed by atoms with Crippen LogP contribution in [0.3, 0.4) is 0 Å². The molecule has 0 radical (unpaired) electrons. The van der Waals surface area contributed by atoms with Crippen LogP contribution in [0.2, 0.25) is 0 Å². The van der Waals surface area contributed by atoms with Crippen LogP contribution in [-0.4, -0.2) is 31.4 Å². The lowest BCUT2D eigenvalue weighted by atomic mass is 9.44. The fourth-order valence-electron chi connectivity index (χ4n) is 8.16. The summed E-state index contributed by atoms with van der Waals surface area (Å²) in [4.78, 5) is 0.302. The molecule has 0 unspecified atom stereocenters. The molecule has 7 rings (SSSR count). The lowest BCUT2D eigenvalue weighted by Gasteiger charge is -2.59. The van der Waals surface area contributed by atoms with Crippen molar-refractivity contribution in [2.24, 2.45) is 11.3 Å². The van der Waals surface area contributed by atoms with Crippen molar-refractivity contribution in [1.29, 1.82) is 0 Å². The van der Waals surface area contributed by atoms with E-state index in [2.05, 4.69) is 32.0 Å². The van der Waals surface area contributed by atoms with Gasteiger partial charge in [-0.05, 0) is 85.4 Å². The maximum absolute atomic E-state index is 14.0. The molecule has 38 heavy (non-hydrogen) atoms. The summed E-state index contributed by atoms with van der Waals surface area (Å²) in [7, 11) is -3.78. The largest absolute Gasteiger partial charge is 0.353 e. The van der Waals surface area contributed by atoms with Crippen LogP contribution in [0.1, 0.15) is 57.6 Å². The Morgan fingerprint density at radius 1 is 1.00 bits per heavy atom. The minimum absolute atomic E-state index is 0.0942. The van der Waals surface area contributed by atoms with Crippen LogP contribution in [0.15, 0.2) is 71.6 Å². The molecule has 1 aliphatic heterocycles. The molecule has 1 saturated heterocycles. The number of aryl methyl sites for hydroxylation is 1. The third-order valence-corrected chi connectivity index (χ3v) is 11.9. The number of fused-ring (bicyclic) bond motifs is 4. The molecule has 3 aromatic carbocycles. The van der Waals surface area contributed by atoms with E-state index in [1.807, 2.05) is 31.2 Å². The summed E-state index contributed by atoms with van der Waals surface area (Å²) in [5.41, 5.74) is 4.02. The van der Waals surface area contributed by atoms with Gasteiger partial charge < -0.3 is 9.47 Å². The normalized spacial score (nSPS) is 30.8. The van der Waals surface area contributed by atoms with Crippen molar-refractivity contribution in [3.05, 3.63) is 77.9 Å². The number of aromatic nitrogens is 1. The van der Waals surface area contributed by atoms with E-state index in [0.717, 1.165) is 53.9 Å². The van der Waals surface area contributed by atoms with E-state index < -0.39 is 10.0 Å². The fourth-order valence-corrected chi connectivity index (χ4v) is 9.70. The van der Waals surface area contributed by atoms with Crippen LogP contribution in [0.5, 0.6) is 0 Å². The molecule has 5 nitrogen and oxygen atoms in total. The third-order valence-electron chi connectivity index (χ3n) is 10.2. The van der Waals surface area contributed by atoms with Crippen molar-refractivity contribution in [2.45, 2.75) is 75.6 Å². The second-order valence-electron chi connectivity index (χ2n) is 11.7. The van der Waals surface area contributed by atoms with E-state index in [9.17, 15) is 8.42 Å². The second-order valence-corrected chi connectivity index (χ2v) is 13.5. The van der Waals surface area contributed by atoms with E-state index in [1.54, 1.807) is 28.2 Å². The van der Waals surface area contributed by atoms with Gasteiger partial charge in [0.25, 0.3) is 10.0 Å². The van der Waals surface area contributed by atoms with Crippen LogP contribution >= 0.6 is 0 Å². The molecule has 0 amide bonds. The number of nitrogens with zero attached hydrogens (tertiary/aromatic N) is 1. The highest BCUT2D eigenvalue weighted by Gasteiger charge is 2.65. The lowest BCUT2D eigenvalue weighted by molar-refractivity contribution is -0.143. The van der Waals surface area contributed by atoms with Gasteiger partial charge in [-0.15, -0.1) is 0 Å². The van der Waals surface area contributed by atoms with E-state index >= 15 is 0 Å². The molecule has 2 fully saturated rings. The van der Waals surface area contributed by atoms with E-state index in [0.29, 0.717) is 17.4 Å². The first-order chi connectivity index (χ1) is 18.3. The van der Waals surface area contributed by atoms with Crippen LogP contribution in [0.4, 0.5) is 0 Å².